The molecule has 0 aliphatic heterocycles. The van der Waals surface area contributed by atoms with Crippen LogP contribution < -0.4 is 0 Å². The van der Waals surface area contributed by atoms with Gasteiger partial charge in [0.15, 0.2) is 6.10 Å². The van der Waals surface area contributed by atoms with Gasteiger partial charge < -0.3 is 14.2 Å². The van der Waals surface area contributed by atoms with Gasteiger partial charge in [0, 0.05) is 19.3 Å². The van der Waals surface area contributed by atoms with E-state index in [-0.39, 0.29) is 31.1 Å². The van der Waals surface area contributed by atoms with Crippen molar-refractivity contribution in [3.05, 3.63) is 24.3 Å². The minimum absolute atomic E-state index is 0.0712. The quantitative estimate of drug-likeness (QED) is 0.0261. The number of hydrogen-bond donors (Lipinski definition) is 0. The lowest BCUT2D eigenvalue weighted by Crippen LogP contribution is -2.30. The van der Waals surface area contributed by atoms with Crippen LogP contribution in [0.2, 0.25) is 0 Å². The first-order valence-electron chi connectivity index (χ1n) is 33.3. The topological polar surface area (TPSA) is 78.9 Å². The van der Waals surface area contributed by atoms with Gasteiger partial charge in [-0.15, -0.1) is 0 Å². The lowest BCUT2D eigenvalue weighted by Gasteiger charge is -2.18. The second-order valence-corrected chi connectivity index (χ2v) is 22.7. The third-order valence-electron chi connectivity index (χ3n) is 15.2. The molecular weight excluding hydrogens is 913 g/mol. The van der Waals surface area contributed by atoms with Gasteiger partial charge in [0.25, 0.3) is 0 Å². The Hall–Kier alpha value is -2.11. The van der Waals surface area contributed by atoms with E-state index in [1.807, 2.05) is 0 Å². The van der Waals surface area contributed by atoms with Crippen molar-refractivity contribution in [3.8, 4) is 0 Å². The first-order chi connectivity index (χ1) is 36.5. The second kappa shape index (κ2) is 63.4. The lowest BCUT2D eigenvalue weighted by atomic mass is 10.0. The van der Waals surface area contributed by atoms with Gasteiger partial charge >= 0.3 is 17.9 Å². The van der Waals surface area contributed by atoms with Crippen molar-refractivity contribution in [2.24, 2.45) is 0 Å². The maximum Gasteiger partial charge on any atom is 0.306 e. The molecule has 0 bridgehead atoms. The fourth-order valence-corrected chi connectivity index (χ4v) is 10.1. The van der Waals surface area contributed by atoms with Gasteiger partial charge in [-0.2, -0.15) is 0 Å². The molecule has 1 unspecified atom stereocenters. The average molecular weight is 1040 g/mol. The van der Waals surface area contributed by atoms with Crippen molar-refractivity contribution in [3.63, 3.8) is 0 Å². The molecule has 74 heavy (non-hydrogen) atoms. The van der Waals surface area contributed by atoms with Gasteiger partial charge in [0.1, 0.15) is 13.2 Å². The van der Waals surface area contributed by atoms with Gasteiger partial charge in [-0.05, 0) is 70.6 Å². The van der Waals surface area contributed by atoms with E-state index in [0.29, 0.717) is 19.3 Å². The van der Waals surface area contributed by atoms with Gasteiger partial charge in [-0.3, -0.25) is 14.4 Å². The highest BCUT2D eigenvalue weighted by Gasteiger charge is 2.19. The summed E-state index contributed by atoms with van der Waals surface area (Å²) >= 11 is 0. The second-order valence-electron chi connectivity index (χ2n) is 22.7. The van der Waals surface area contributed by atoms with Crippen molar-refractivity contribution in [1.29, 1.82) is 0 Å². The standard InChI is InChI=1S/C68H128O6/c1-4-7-10-13-16-19-22-25-28-31-34-37-40-43-46-49-52-55-58-61-67(70)73-64-65(63-72-66(69)60-57-54-51-48-45-42-39-36-33-30-27-24-21-18-15-12-9-6-3)74-68(71)62-59-56-53-50-47-44-41-38-35-32-29-26-23-20-17-14-11-8-5-2/h31,34,36,39,65H,4-30,32-33,35,37-38,40-64H2,1-3H3/b34-31-,39-36-. The molecule has 0 rings (SSSR count). The van der Waals surface area contributed by atoms with Gasteiger partial charge in [0.2, 0.25) is 0 Å². The number of allylic oxidation sites excluding steroid dienone is 4. The number of carbonyl (C=O) groups excluding carboxylic acids is 3. The predicted molar refractivity (Wildman–Crippen MR) is 321 cm³/mol. The Morgan fingerprint density at radius 1 is 0.257 bits per heavy atom. The number of esters is 3. The van der Waals surface area contributed by atoms with Gasteiger partial charge in [-0.25, -0.2) is 0 Å². The molecule has 0 aromatic rings. The van der Waals surface area contributed by atoms with E-state index in [0.717, 1.165) is 64.2 Å². The Morgan fingerprint density at radius 3 is 0.676 bits per heavy atom. The normalized spacial score (nSPS) is 12.1. The molecule has 1 atom stereocenters. The summed E-state index contributed by atoms with van der Waals surface area (Å²) in [7, 11) is 0. The highest BCUT2D eigenvalue weighted by atomic mass is 16.6. The van der Waals surface area contributed by atoms with Crippen molar-refractivity contribution in [1.82, 2.24) is 0 Å². The van der Waals surface area contributed by atoms with Crippen molar-refractivity contribution in [2.45, 2.75) is 380 Å². The van der Waals surface area contributed by atoms with Crippen LogP contribution in [-0.4, -0.2) is 37.2 Å². The molecule has 0 heterocycles. The Morgan fingerprint density at radius 2 is 0.446 bits per heavy atom. The van der Waals surface area contributed by atoms with Crippen LogP contribution >= 0.6 is 0 Å². The van der Waals surface area contributed by atoms with E-state index in [1.165, 1.54) is 270 Å². The van der Waals surface area contributed by atoms with Crippen molar-refractivity contribution < 1.29 is 28.6 Å². The number of unbranched alkanes of at least 4 members (excludes halogenated alkanes) is 47. The zero-order chi connectivity index (χ0) is 53.6. The molecule has 0 aliphatic rings. The summed E-state index contributed by atoms with van der Waals surface area (Å²) in [5.41, 5.74) is 0. The Bertz CT molecular complexity index is 1190. The summed E-state index contributed by atoms with van der Waals surface area (Å²) in [6, 6.07) is 0. The molecular formula is C68H128O6. The lowest BCUT2D eigenvalue weighted by molar-refractivity contribution is -0.167. The number of carbonyl (C=O) groups is 3. The fraction of sp³-hybridized carbons (Fsp3) is 0.897. The SMILES string of the molecule is CCCCCCCCCC/C=C\CCCCCCCCCC(=O)OCC(COC(=O)CCCCCCC/C=C\CCCCCCCCCCC)OC(=O)CCCCCCCCCCCCCCCCCCCCC. The summed E-state index contributed by atoms with van der Waals surface area (Å²) in [5.74, 6) is -0.854. The molecule has 0 fully saturated rings. The molecule has 436 valence electrons. The Labute approximate surface area is 462 Å². The van der Waals surface area contributed by atoms with Crippen molar-refractivity contribution in [2.75, 3.05) is 13.2 Å². The Kier molecular flexibility index (Phi) is 61.6. The van der Waals surface area contributed by atoms with Crippen LogP contribution in [0.15, 0.2) is 24.3 Å². The van der Waals surface area contributed by atoms with Crippen LogP contribution in [0.1, 0.15) is 374 Å². The maximum atomic E-state index is 12.9. The summed E-state index contributed by atoms with van der Waals surface area (Å²) in [4.78, 5) is 38.4. The molecule has 0 spiro atoms. The molecule has 0 aliphatic carbocycles. The molecule has 0 N–H and O–H groups in total. The van der Waals surface area contributed by atoms with E-state index >= 15 is 0 Å². The third kappa shape index (κ3) is 60.8. The molecule has 0 radical (unpaired) electrons. The predicted octanol–water partition coefficient (Wildman–Crippen LogP) is 22.6. The molecule has 0 amide bonds. The smallest absolute Gasteiger partial charge is 0.306 e. The molecule has 0 aromatic carbocycles. The number of ether oxygens (including phenoxy) is 3. The summed E-state index contributed by atoms with van der Waals surface area (Å²) in [6.45, 7) is 6.71. The third-order valence-corrected chi connectivity index (χ3v) is 15.2. The van der Waals surface area contributed by atoms with E-state index in [9.17, 15) is 14.4 Å². The van der Waals surface area contributed by atoms with E-state index in [1.54, 1.807) is 0 Å². The van der Waals surface area contributed by atoms with E-state index in [4.69, 9.17) is 14.2 Å². The molecule has 6 heteroatoms. The largest absolute Gasteiger partial charge is 0.462 e. The minimum Gasteiger partial charge on any atom is -0.462 e. The van der Waals surface area contributed by atoms with Crippen molar-refractivity contribution >= 4 is 17.9 Å². The number of rotatable bonds is 62. The molecule has 6 nitrogen and oxygen atoms in total. The molecule has 0 saturated heterocycles. The van der Waals surface area contributed by atoms with Crippen LogP contribution in [0.3, 0.4) is 0 Å². The van der Waals surface area contributed by atoms with Crippen LogP contribution in [0.5, 0.6) is 0 Å². The maximum absolute atomic E-state index is 12.9. The Balaban J connectivity index is 4.33. The van der Waals surface area contributed by atoms with Crippen LogP contribution in [-0.2, 0) is 28.6 Å². The van der Waals surface area contributed by atoms with Gasteiger partial charge in [-0.1, -0.05) is 308 Å². The number of hydrogen-bond acceptors (Lipinski definition) is 6. The summed E-state index contributed by atoms with van der Waals surface area (Å²) in [6.07, 6.45) is 76.1. The zero-order valence-corrected chi connectivity index (χ0v) is 50.1. The van der Waals surface area contributed by atoms with Crippen LogP contribution in [0.4, 0.5) is 0 Å². The zero-order valence-electron chi connectivity index (χ0n) is 50.1. The molecule has 0 saturated carbocycles. The minimum atomic E-state index is -0.774. The first-order valence-corrected chi connectivity index (χ1v) is 33.3. The monoisotopic (exact) mass is 1040 g/mol. The van der Waals surface area contributed by atoms with E-state index < -0.39 is 6.10 Å². The average Bonchev–Trinajstić information content (AvgIpc) is 3.40. The van der Waals surface area contributed by atoms with Gasteiger partial charge in [0.05, 0.1) is 0 Å². The molecule has 0 aromatic heterocycles. The summed E-state index contributed by atoms with van der Waals surface area (Å²) in [5, 5.41) is 0. The van der Waals surface area contributed by atoms with Crippen LogP contribution in [0.25, 0.3) is 0 Å². The first kappa shape index (κ1) is 71.9. The fourth-order valence-electron chi connectivity index (χ4n) is 10.1. The van der Waals surface area contributed by atoms with E-state index in [2.05, 4.69) is 45.1 Å². The van der Waals surface area contributed by atoms with Crippen LogP contribution in [0, 0.1) is 0 Å². The highest BCUT2D eigenvalue weighted by Crippen LogP contribution is 2.18. The summed E-state index contributed by atoms with van der Waals surface area (Å²) < 4.78 is 17.0. The highest BCUT2D eigenvalue weighted by molar-refractivity contribution is 5.71.